The number of nitrogens with two attached hydrogens (primary N) is 2. The monoisotopic (exact) mass is 249 g/mol. The summed E-state index contributed by atoms with van der Waals surface area (Å²) in [6.07, 6.45) is 1.93. The molecule has 1 aliphatic heterocycles. The number of nitrogens with zero attached hydrogens (tertiary/aromatic N) is 1. The molecule has 0 unspecified atom stereocenters. The molecule has 5 heteroatoms. The first-order valence-corrected chi connectivity index (χ1v) is 6.17. The van der Waals surface area contributed by atoms with E-state index in [0.717, 1.165) is 31.6 Å². The van der Waals surface area contributed by atoms with Gasteiger partial charge in [0.2, 0.25) is 0 Å². The summed E-state index contributed by atoms with van der Waals surface area (Å²) in [7, 11) is 0. The molecule has 0 bridgehead atoms. The fourth-order valence-corrected chi connectivity index (χ4v) is 2.33. The zero-order valence-electron chi connectivity index (χ0n) is 10.3. The Hall–Kier alpha value is -1.75. The SMILES string of the molecule is NC(=O)c1cc(N2CCC(CO)CC2)ccc1N. The van der Waals surface area contributed by atoms with E-state index >= 15 is 0 Å². The summed E-state index contributed by atoms with van der Waals surface area (Å²) >= 11 is 0. The Morgan fingerprint density at radius 1 is 1.39 bits per heavy atom. The van der Waals surface area contributed by atoms with Crippen molar-refractivity contribution in [2.24, 2.45) is 11.7 Å². The predicted molar refractivity (Wildman–Crippen MR) is 71.4 cm³/mol. The van der Waals surface area contributed by atoms with Crippen LogP contribution in [0.1, 0.15) is 23.2 Å². The number of aliphatic hydroxyl groups excluding tert-OH is 1. The highest BCUT2D eigenvalue weighted by Gasteiger charge is 2.19. The summed E-state index contributed by atoms with van der Waals surface area (Å²) in [6.45, 7) is 2.02. The van der Waals surface area contributed by atoms with Crippen molar-refractivity contribution in [1.29, 1.82) is 0 Å². The number of primary amides is 1. The zero-order chi connectivity index (χ0) is 13.1. The standard InChI is InChI=1S/C13H19N3O2/c14-12-2-1-10(7-11(12)13(15)18)16-5-3-9(8-17)4-6-16/h1-2,7,9,17H,3-6,8,14H2,(H2,15,18). The van der Waals surface area contributed by atoms with Gasteiger partial charge in [0.1, 0.15) is 0 Å². The molecule has 0 aromatic heterocycles. The van der Waals surface area contributed by atoms with Crippen molar-refractivity contribution in [1.82, 2.24) is 0 Å². The summed E-state index contributed by atoms with van der Waals surface area (Å²) in [5, 5.41) is 9.10. The highest BCUT2D eigenvalue weighted by Crippen LogP contribution is 2.25. The van der Waals surface area contributed by atoms with Crippen LogP contribution in [0, 0.1) is 5.92 Å². The number of rotatable bonds is 3. The highest BCUT2D eigenvalue weighted by atomic mass is 16.3. The van der Waals surface area contributed by atoms with Crippen molar-refractivity contribution in [2.75, 3.05) is 30.3 Å². The summed E-state index contributed by atoms with van der Waals surface area (Å²) in [6, 6.07) is 5.37. The smallest absolute Gasteiger partial charge is 0.250 e. The third kappa shape index (κ3) is 2.56. The van der Waals surface area contributed by atoms with E-state index < -0.39 is 5.91 Å². The first-order valence-electron chi connectivity index (χ1n) is 6.17. The van der Waals surface area contributed by atoms with Gasteiger partial charge in [0.15, 0.2) is 0 Å². The fraction of sp³-hybridized carbons (Fsp3) is 0.462. The van der Waals surface area contributed by atoms with Crippen molar-refractivity contribution >= 4 is 17.3 Å². The van der Waals surface area contributed by atoms with Crippen molar-refractivity contribution in [2.45, 2.75) is 12.8 Å². The van der Waals surface area contributed by atoms with Crippen LogP contribution in [-0.2, 0) is 0 Å². The average molecular weight is 249 g/mol. The lowest BCUT2D eigenvalue weighted by atomic mass is 9.97. The second-order valence-electron chi connectivity index (χ2n) is 4.75. The number of hydrogen-bond acceptors (Lipinski definition) is 4. The quantitative estimate of drug-likeness (QED) is 0.683. The molecule has 1 aromatic rings. The van der Waals surface area contributed by atoms with E-state index in [2.05, 4.69) is 4.90 Å². The van der Waals surface area contributed by atoms with Crippen LogP contribution in [0.15, 0.2) is 18.2 Å². The Morgan fingerprint density at radius 3 is 2.61 bits per heavy atom. The van der Waals surface area contributed by atoms with Gasteiger partial charge in [-0.05, 0) is 37.0 Å². The maximum atomic E-state index is 11.2. The lowest BCUT2D eigenvalue weighted by Crippen LogP contribution is -2.34. The molecule has 0 radical (unpaired) electrons. The second kappa shape index (κ2) is 5.27. The molecule has 1 saturated heterocycles. The molecule has 18 heavy (non-hydrogen) atoms. The Bertz CT molecular complexity index is 440. The molecule has 1 aromatic carbocycles. The van der Waals surface area contributed by atoms with Gasteiger partial charge in [-0.1, -0.05) is 0 Å². The van der Waals surface area contributed by atoms with Crippen molar-refractivity contribution < 1.29 is 9.90 Å². The number of carbonyl (C=O) groups excluding carboxylic acids is 1. The van der Waals surface area contributed by atoms with Crippen LogP contribution in [0.2, 0.25) is 0 Å². The molecule has 1 fully saturated rings. The highest BCUT2D eigenvalue weighted by molar-refractivity contribution is 5.99. The van der Waals surface area contributed by atoms with E-state index in [0.29, 0.717) is 17.2 Å². The summed E-state index contributed by atoms with van der Waals surface area (Å²) in [5.41, 5.74) is 12.7. The number of nitrogen functional groups attached to an aromatic ring is 1. The molecule has 0 spiro atoms. The van der Waals surface area contributed by atoms with E-state index in [9.17, 15) is 4.79 Å². The maximum absolute atomic E-state index is 11.2. The molecular formula is C13H19N3O2. The van der Waals surface area contributed by atoms with E-state index in [-0.39, 0.29) is 6.61 Å². The lowest BCUT2D eigenvalue weighted by Gasteiger charge is -2.33. The Morgan fingerprint density at radius 2 is 2.06 bits per heavy atom. The Labute approximate surface area is 106 Å². The number of aliphatic hydroxyl groups is 1. The molecule has 2 rings (SSSR count). The minimum Gasteiger partial charge on any atom is -0.398 e. The Balaban J connectivity index is 2.15. The molecule has 0 aliphatic carbocycles. The van der Waals surface area contributed by atoms with Gasteiger partial charge in [0, 0.05) is 31.1 Å². The van der Waals surface area contributed by atoms with Gasteiger partial charge in [0.25, 0.3) is 5.91 Å². The van der Waals surface area contributed by atoms with E-state index in [1.165, 1.54) is 0 Å². The second-order valence-corrected chi connectivity index (χ2v) is 4.75. The molecule has 1 amide bonds. The third-order valence-electron chi connectivity index (χ3n) is 3.54. The first-order chi connectivity index (χ1) is 8.61. The molecule has 0 saturated carbocycles. The Kier molecular flexibility index (Phi) is 3.72. The number of carbonyl (C=O) groups is 1. The average Bonchev–Trinajstić information content (AvgIpc) is 2.39. The molecule has 1 aliphatic rings. The van der Waals surface area contributed by atoms with Gasteiger partial charge < -0.3 is 21.5 Å². The van der Waals surface area contributed by atoms with Crippen molar-refractivity contribution in [3.8, 4) is 0 Å². The third-order valence-corrected chi connectivity index (χ3v) is 3.54. The van der Waals surface area contributed by atoms with E-state index in [4.69, 9.17) is 16.6 Å². The van der Waals surface area contributed by atoms with Gasteiger partial charge >= 0.3 is 0 Å². The van der Waals surface area contributed by atoms with Gasteiger partial charge in [-0.15, -0.1) is 0 Å². The summed E-state index contributed by atoms with van der Waals surface area (Å²) in [5.74, 6) is -0.106. The van der Waals surface area contributed by atoms with Crippen LogP contribution in [0.3, 0.4) is 0 Å². The lowest BCUT2D eigenvalue weighted by molar-refractivity contribution is 0.100. The molecule has 5 nitrogen and oxygen atoms in total. The first kappa shape index (κ1) is 12.7. The van der Waals surface area contributed by atoms with Crippen LogP contribution in [0.5, 0.6) is 0 Å². The minimum atomic E-state index is -0.500. The summed E-state index contributed by atoms with van der Waals surface area (Å²) in [4.78, 5) is 13.4. The van der Waals surface area contributed by atoms with Crippen LogP contribution in [0.4, 0.5) is 11.4 Å². The maximum Gasteiger partial charge on any atom is 0.250 e. The normalized spacial score (nSPS) is 16.8. The minimum absolute atomic E-state index is 0.252. The predicted octanol–water partition coefficient (Wildman–Crippen LogP) is 0.576. The number of piperidine rings is 1. The van der Waals surface area contributed by atoms with Gasteiger partial charge in [0.05, 0.1) is 5.56 Å². The van der Waals surface area contributed by atoms with Crippen molar-refractivity contribution in [3.05, 3.63) is 23.8 Å². The van der Waals surface area contributed by atoms with Gasteiger partial charge in [-0.25, -0.2) is 0 Å². The van der Waals surface area contributed by atoms with Crippen molar-refractivity contribution in [3.63, 3.8) is 0 Å². The topological polar surface area (TPSA) is 92.6 Å². The zero-order valence-corrected chi connectivity index (χ0v) is 10.3. The molecular weight excluding hydrogens is 230 g/mol. The van der Waals surface area contributed by atoms with Crippen LogP contribution in [-0.4, -0.2) is 30.7 Å². The molecule has 0 atom stereocenters. The van der Waals surface area contributed by atoms with Gasteiger partial charge in [-0.3, -0.25) is 4.79 Å². The van der Waals surface area contributed by atoms with E-state index in [1.807, 2.05) is 6.07 Å². The molecule has 5 N–H and O–H groups in total. The molecule has 98 valence electrons. The van der Waals surface area contributed by atoms with E-state index in [1.54, 1.807) is 12.1 Å². The van der Waals surface area contributed by atoms with Gasteiger partial charge in [-0.2, -0.15) is 0 Å². The van der Waals surface area contributed by atoms with Crippen LogP contribution < -0.4 is 16.4 Å². The number of benzene rings is 1. The van der Waals surface area contributed by atoms with Crippen LogP contribution >= 0.6 is 0 Å². The largest absolute Gasteiger partial charge is 0.398 e. The number of amides is 1. The fourth-order valence-electron chi connectivity index (χ4n) is 2.33. The number of anilines is 2. The summed E-state index contributed by atoms with van der Waals surface area (Å²) < 4.78 is 0. The molecule has 1 heterocycles. The number of hydrogen-bond donors (Lipinski definition) is 3. The van der Waals surface area contributed by atoms with Crippen LogP contribution in [0.25, 0.3) is 0 Å².